The number of nitrogens with zero attached hydrogens (tertiary/aromatic N) is 2. The molecule has 1 heterocycles. The van der Waals surface area contributed by atoms with Crippen LogP contribution >= 0.6 is 0 Å². The molecule has 0 aliphatic carbocycles. The van der Waals surface area contributed by atoms with Crippen LogP contribution in [0.15, 0.2) is 66.9 Å². The number of carbonyl (C=O) groups excluding carboxylic acids is 2. The highest BCUT2D eigenvalue weighted by molar-refractivity contribution is 5.97. The van der Waals surface area contributed by atoms with Crippen molar-refractivity contribution in [3.8, 4) is 16.9 Å². The summed E-state index contributed by atoms with van der Waals surface area (Å²) in [7, 11) is 0. The molecule has 6 heteroatoms. The quantitative estimate of drug-likeness (QED) is 0.638. The van der Waals surface area contributed by atoms with Crippen molar-refractivity contribution in [3.63, 3.8) is 0 Å². The van der Waals surface area contributed by atoms with Gasteiger partial charge in [0.25, 0.3) is 0 Å². The van der Waals surface area contributed by atoms with Gasteiger partial charge in [0, 0.05) is 11.8 Å². The molecular weight excluding hydrogens is 332 g/mol. The molecule has 0 aliphatic rings. The molecular formula is C20H18N2O4. The molecule has 0 spiro atoms. The first-order valence-electron chi connectivity index (χ1n) is 8.22. The van der Waals surface area contributed by atoms with E-state index in [0.717, 1.165) is 11.3 Å². The first kappa shape index (κ1) is 17.4. The molecule has 0 saturated carbocycles. The maximum absolute atomic E-state index is 12.5. The number of hydrogen-bond donors (Lipinski definition) is 0. The Balaban J connectivity index is 1.93. The molecule has 0 radical (unpaired) electrons. The molecule has 6 nitrogen and oxygen atoms in total. The van der Waals surface area contributed by atoms with Crippen LogP contribution in [-0.2, 0) is 14.3 Å². The monoisotopic (exact) mass is 350 g/mol. The Morgan fingerprint density at radius 3 is 2.27 bits per heavy atom. The van der Waals surface area contributed by atoms with Gasteiger partial charge in [-0.25, -0.2) is 14.3 Å². The number of benzene rings is 2. The molecule has 3 aromatic rings. The fourth-order valence-corrected chi connectivity index (χ4v) is 2.45. The smallest absolute Gasteiger partial charge is 0.344 e. The maximum Gasteiger partial charge on any atom is 0.344 e. The van der Waals surface area contributed by atoms with Crippen LogP contribution in [0.2, 0.25) is 0 Å². The van der Waals surface area contributed by atoms with Crippen molar-refractivity contribution in [3.05, 3.63) is 72.4 Å². The van der Waals surface area contributed by atoms with Gasteiger partial charge >= 0.3 is 11.9 Å². The summed E-state index contributed by atoms with van der Waals surface area (Å²) in [5.74, 6) is -1.21. The average Bonchev–Trinajstić information content (AvgIpc) is 3.13. The zero-order valence-corrected chi connectivity index (χ0v) is 14.3. The highest BCUT2D eigenvalue weighted by Gasteiger charge is 2.21. The van der Waals surface area contributed by atoms with Gasteiger partial charge in [-0.3, -0.25) is 0 Å². The SMILES string of the molecule is CCOC(=O)COC(=O)c1cn(-c2ccccc2)nc1-c1ccccc1. The average molecular weight is 350 g/mol. The number of aromatic nitrogens is 2. The van der Waals surface area contributed by atoms with E-state index >= 15 is 0 Å². The number of rotatable bonds is 6. The second-order valence-corrected chi connectivity index (χ2v) is 5.42. The van der Waals surface area contributed by atoms with Crippen LogP contribution in [0, 0.1) is 0 Å². The third kappa shape index (κ3) is 3.97. The van der Waals surface area contributed by atoms with E-state index in [0.29, 0.717) is 5.69 Å². The fraction of sp³-hybridized carbons (Fsp3) is 0.150. The van der Waals surface area contributed by atoms with Gasteiger partial charge in [-0.05, 0) is 19.1 Å². The van der Waals surface area contributed by atoms with Gasteiger partial charge in [0.2, 0.25) is 0 Å². The van der Waals surface area contributed by atoms with Gasteiger partial charge in [-0.1, -0.05) is 48.5 Å². The minimum atomic E-state index is -0.626. The summed E-state index contributed by atoms with van der Waals surface area (Å²) >= 11 is 0. The van der Waals surface area contributed by atoms with Gasteiger partial charge in [0.15, 0.2) is 6.61 Å². The van der Waals surface area contributed by atoms with E-state index in [1.807, 2.05) is 60.7 Å². The molecule has 0 unspecified atom stereocenters. The van der Waals surface area contributed by atoms with Gasteiger partial charge < -0.3 is 9.47 Å². The van der Waals surface area contributed by atoms with Crippen molar-refractivity contribution in [1.29, 1.82) is 0 Å². The third-order valence-corrected chi connectivity index (χ3v) is 3.63. The molecule has 1 aromatic heterocycles. The molecule has 0 saturated heterocycles. The maximum atomic E-state index is 12.5. The van der Waals surface area contributed by atoms with Gasteiger partial charge in [-0.2, -0.15) is 5.10 Å². The van der Waals surface area contributed by atoms with Gasteiger partial charge in [-0.15, -0.1) is 0 Å². The molecule has 0 bridgehead atoms. The summed E-state index contributed by atoms with van der Waals surface area (Å²) in [5.41, 5.74) is 2.37. The van der Waals surface area contributed by atoms with Crippen LogP contribution in [0.3, 0.4) is 0 Å². The van der Waals surface area contributed by atoms with E-state index in [1.54, 1.807) is 17.8 Å². The van der Waals surface area contributed by atoms with Crippen LogP contribution < -0.4 is 0 Å². The molecule has 0 aliphatic heterocycles. The van der Waals surface area contributed by atoms with Crippen molar-refractivity contribution in [2.75, 3.05) is 13.2 Å². The first-order valence-corrected chi connectivity index (χ1v) is 8.22. The molecule has 0 fully saturated rings. The minimum absolute atomic E-state index is 0.234. The number of hydrogen-bond acceptors (Lipinski definition) is 5. The van der Waals surface area contributed by atoms with Gasteiger partial charge in [0.05, 0.1) is 12.3 Å². The van der Waals surface area contributed by atoms with Crippen LogP contribution in [0.25, 0.3) is 16.9 Å². The number of esters is 2. The molecule has 2 aromatic carbocycles. The lowest BCUT2D eigenvalue weighted by molar-refractivity contribution is -0.146. The second kappa shape index (κ2) is 8.11. The summed E-state index contributed by atoms with van der Waals surface area (Å²) < 4.78 is 11.5. The Kier molecular flexibility index (Phi) is 5.43. The van der Waals surface area contributed by atoms with E-state index in [9.17, 15) is 9.59 Å². The third-order valence-electron chi connectivity index (χ3n) is 3.63. The number of ether oxygens (including phenoxy) is 2. The lowest BCUT2D eigenvalue weighted by atomic mass is 10.1. The largest absolute Gasteiger partial charge is 0.463 e. The predicted octanol–water partition coefficient (Wildman–Crippen LogP) is 3.26. The van der Waals surface area contributed by atoms with E-state index in [2.05, 4.69) is 5.10 Å². The fourth-order valence-electron chi connectivity index (χ4n) is 2.45. The topological polar surface area (TPSA) is 70.4 Å². The molecule has 0 atom stereocenters. The standard InChI is InChI=1S/C20H18N2O4/c1-2-25-18(23)14-26-20(24)17-13-22(16-11-7-4-8-12-16)21-19(17)15-9-5-3-6-10-15/h3-13H,2,14H2,1H3. The Labute approximate surface area is 151 Å². The Bertz CT molecular complexity index is 889. The lowest BCUT2D eigenvalue weighted by Crippen LogP contribution is -2.16. The zero-order chi connectivity index (χ0) is 18.4. The highest BCUT2D eigenvalue weighted by Crippen LogP contribution is 2.24. The van der Waals surface area contributed by atoms with Crippen molar-refractivity contribution in [2.24, 2.45) is 0 Å². The summed E-state index contributed by atoms with van der Waals surface area (Å²) in [6, 6.07) is 18.8. The van der Waals surface area contributed by atoms with E-state index in [1.165, 1.54) is 0 Å². The Morgan fingerprint density at radius 2 is 1.62 bits per heavy atom. The predicted molar refractivity (Wildman–Crippen MR) is 95.9 cm³/mol. The first-order chi connectivity index (χ1) is 12.7. The summed E-state index contributed by atoms with van der Waals surface area (Å²) in [6.07, 6.45) is 1.60. The summed E-state index contributed by atoms with van der Waals surface area (Å²) in [4.78, 5) is 23.9. The molecule has 0 N–H and O–H groups in total. The van der Waals surface area contributed by atoms with Crippen LogP contribution in [0.4, 0.5) is 0 Å². The van der Waals surface area contributed by atoms with Crippen molar-refractivity contribution in [2.45, 2.75) is 6.92 Å². The van der Waals surface area contributed by atoms with Crippen LogP contribution in [0.1, 0.15) is 17.3 Å². The Morgan fingerprint density at radius 1 is 0.962 bits per heavy atom. The van der Waals surface area contributed by atoms with Crippen molar-refractivity contribution in [1.82, 2.24) is 9.78 Å². The highest BCUT2D eigenvalue weighted by atomic mass is 16.6. The zero-order valence-electron chi connectivity index (χ0n) is 14.3. The minimum Gasteiger partial charge on any atom is -0.463 e. The van der Waals surface area contributed by atoms with E-state index in [-0.39, 0.29) is 12.2 Å². The van der Waals surface area contributed by atoms with E-state index in [4.69, 9.17) is 9.47 Å². The number of carbonyl (C=O) groups is 2. The van der Waals surface area contributed by atoms with Crippen LogP contribution in [-0.4, -0.2) is 34.9 Å². The Hall–Kier alpha value is -3.41. The summed E-state index contributed by atoms with van der Waals surface area (Å²) in [5, 5.41) is 4.53. The van der Waals surface area contributed by atoms with Crippen LogP contribution in [0.5, 0.6) is 0 Å². The molecule has 3 rings (SSSR count). The second-order valence-electron chi connectivity index (χ2n) is 5.42. The normalized spacial score (nSPS) is 10.3. The lowest BCUT2D eigenvalue weighted by Gasteiger charge is -2.04. The molecule has 0 amide bonds. The van der Waals surface area contributed by atoms with Crippen molar-refractivity contribution < 1.29 is 19.1 Å². The van der Waals surface area contributed by atoms with E-state index < -0.39 is 18.5 Å². The van der Waals surface area contributed by atoms with Gasteiger partial charge in [0.1, 0.15) is 11.3 Å². The molecule has 26 heavy (non-hydrogen) atoms. The number of para-hydroxylation sites is 1. The molecule has 132 valence electrons. The van der Waals surface area contributed by atoms with Crippen molar-refractivity contribution >= 4 is 11.9 Å². The summed E-state index contributed by atoms with van der Waals surface area (Å²) in [6.45, 7) is 1.49.